The smallest absolute Gasteiger partial charge is 0.231 e. The topological polar surface area (TPSA) is 18.5 Å². The lowest BCUT2D eigenvalue weighted by Gasteiger charge is -2.09. The summed E-state index contributed by atoms with van der Waals surface area (Å²) < 4.78 is 10.4. The highest BCUT2D eigenvalue weighted by atomic mass is 16.7. The van der Waals surface area contributed by atoms with E-state index < -0.39 is 0 Å². The summed E-state index contributed by atoms with van der Waals surface area (Å²) in [5.74, 6) is 1.74. The van der Waals surface area contributed by atoms with Crippen molar-refractivity contribution >= 4 is 12.2 Å². The molecule has 3 rings (SSSR count). The summed E-state index contributed by atoms with van der Waals surface area (Å²) in [5.41, 5.74) is 2.49. The van der Waals surface area contributed by atoms with Gasteiger partial charge in [0, 0.05) is 0 Å². The molecule has 2 nitrogen and oxygen atoms in total. The molecule has 1 aliphatic carbocycles. The second kappa shape index (κ2) is 1.59. The maximum Gasteiger partial charge on any atom is 0.231 e. The van der Waals surface area contributed by atoms with Gasteiger partial charge in [-0.05, 0) is 23.3 Å². The zero-order valence-corrected chi connectivity index (χ0v) is 5.83. The summed E-state index contributed by atoms with van der Waals surface area (Å²) in [6.45, 7) is 0.359. The van der Waals surface area contributed by atoms with Gasteiger partial charge in [-0.3, -0.25) is 0 Å². The Bertz CT molecular complexity index is 320. The molecule has 54 valence electrons. The SMILES string of the molecule is C1=Cc2cc3c(cc21)OCO3. The van der Waals surface area contributed by atoms with Crippen LogP contribution in [0.1, 0.15) is 11.1 Å². The largest absolute Gasteiger partial charge is 0.454 e. The molecule has 2 aliphatic rings. The third-order valence-corrected chi connectivity index (χ3v) is 2.02. The Balaban J connectivity index is 2.26. The maximum absolute atomic E-state index is 5.21. The van der Waals surface area contributed by atoms with Crippen molar-refractivity contribution in [3.05, 3.63) is 23.3 Å². The van der Waals surface area contributed by atoms with Crippen LogP contribution in [0.5, 0.6) is 11.5 Å². The van der Waals surface area contributed by atoms with Crippen LogP contribution in [0.3, 0.4) is 0 Å². The minimum Gasteiger partial charge on any atom is -0.454 e. The molecule has 0 unspecified atom stereocenters. The Kier molecular flexibility index (Phi) is 0.756. The molecule has 0 aromatic heterocycles. The number of hydrogen-bond donors (Lipinski definition) is 0. The van der Waals surface area contributed by atoms with Crippen molar-refractivity contribution in [1.29, 1.82) is 0 Å². The van der Waals surface area contributed by atoms with Gasteiger partial charge in [-0.25, -0.2) is 0 Å². The van der Waals surface area contributed by atoms with Gasteiger partial charge in [-0.1, -0.05) is 12.2 Å². The van der Waals surface area contributed by atoms with Crippen molar-refractivity contribution in [2.24, 2.45) is 0 Å². The standard InChI is InChI=1S/C9H6O2/c1-2-7-4-9-8(3-6(1)7)10-5-11-9/h1-4H,5H2. The van der Waals surface area contributed by atoms with Crippen LogP contribution in [-0.2, 0) is 0 Å². The van der Waals surface area contributed by atoms with E-state index in [-0.39, 0.29) is 0 Å². The molecule has 1 aromatic carbocycles. The second-order valence-corrected chi connectivity index (χ2v) is 2.67. The first-order chi connectivity index (χ1) is 5.43. The first-order valence-corrected chi connectivity index (χ1v) is 3.55. The average Bonchev–Trinajstić information content (AvgIpc) is 2.40. The monoisotopic (exact) mass is 146 g/mol. The van der Waals surface area contributed by atoms with Crippen LogP contribution in [0, 0.1) is 0 Å². The lowest BCUT2D eigenvalue weighted by molar-refractivity contribution is 0.174. The molecule has 0 N–H and O–H groups in total. The molecule has 0 saturated heterocycles. The highest BCUT2D eigenvalue weighted by Gasteiger charge is 2.17. The zero-order chi connectivity index (χ0) is 7.26. The van der Waals surface area contributed by atoms with Gasteiger partial charge in [0.1, 0.15) is 0 Å². The van der Waals surface area contributed by atoms with Crippen LogP contribution < -0.4 is 9.47 Å². The number of ether oxygens (including phenoxy) is 2. The minimum atomic E-state index is 0.359. The normalized spacial score (nSPS) is 16.0. The van der Waals surface area contributed by atoms with E-state index in [1.54, 1.807) is 0 Å². The summed E-state index contributed by atoms with van der Waals surface area (Å²) in [7, 11) is 0. The maximum atomic E-state index is 5.21. The fraction of sp³-hybridized carbons (Fsp3) is 0.111. The number of rotatable bonds is 0. The molecular weight excluding hydrogens is 140 g/mol. The van der Waals surface area contributed by atoms with Gasteiger partial charge >= 0.3 is 0 Å². The quantitative estimate of drug-likeness (QED) is 0.565. The Labute approximate surface area is 64.1 Å². The molecule has 2 heteroatoms. The highest BCUT2D eigenvalue weighted by molar-refractivity contribution is 5.87. The van der Waals surface area contributed by atoms with Gasteiger partial charge in [0.05, 0.1) is 0 Å². The van der Waals surface area contributed by atoms with Gasteiger partial charge in [0.25, 0.3) is 0 Å². The lowest BCUT2D eigenvalue weighted by Crippen LogP contribution is -1.92. The van der Waals surface area contributed by atoms with Crippen LogP contribution in [0.4, 0.5) is 0 Å². The first-order valence-electron chi connectivity index (χ1n) is 3.55. The number of hydrogen-bond acceptors (Lipinski definition) is 2. The molecule has 0 fully saturated rings. The number of benzene rings is 1. The van der Waals surface area contributed by atoms with Crippen molar-refractivity contribution in [1.82, 2.24) is 0 Å². The third kappa shape index (κ3) is 0.564. The Hall–Kier alpha value is -1.44. The van der Waals surface area contributed by atoms with Crippen LogP contribution in [-0.4, -0.2) is 6.79 Å². The van der Waals surface area contributed by atoms with Crippen molar-refractivity contribution in [2.75, 3.05) is 6.79 Å². The third-order valence-electron chi connectivity index (χ3n) is 2.02. The molecule has 1 aromatic rings. The van der Waals surface area contributed by atoms with E-state index in [1.165, 1.54) is 11.1 Å². The second-order valence-electron chi connectivity index (χ2n) is 2.67. The van der Waals surface area contributed by atoms with Gasteiger partial charge in [-0.2, -0.15) is 0 Å². The van der Waals surface area contributed by atoms with Gasteiger partial charge in [-0.15, -0.1) is 0 Å². The fourth-order valence-electron chi connectivity index (χ4n) is 1.35. The average molecular weight is 146 g/mol. The fourth-order valence-corrected chi connectivity index (χ4v) is 1.35. The van der Waals surface area contributed by atoms with E-state index in [0.29, 0.717) is 6.79 Å². The van der Waals surface area contributed by atoms with E-state index in [0.717, 1.165) is 11.5 Å². The molecular formula is C9H6O2. The first kappa shape index (κ1) is 5.24. The van der Waals surface area contributed by atoms with Crippen molar-refractivity contribution in [2.45, 2.75) is 0 Å². The van der Waals surface area contributed by atoms with Gasteiger partial charge in [0.2, 0.25) is 6.79 Å². The summed E-state index contributed by atoms with van der Waals surface area (Å²) in [4.78, 5) is 0. The minimum absolute atomic E-state index is 0.359. The summed E-state index contributed by atoms with van der Waals surface area (Å²) >= 11 is 0. The van der Waals surface area contributed by atoms with Gasteiger partial charge in [0.15, 0.2) is 11.5 Å². The van der Waals surface area contributed by atoms with Crippen molar-refractivity contribution < 1.29 is 9.47 Å². The molecule has 0 spiro atoms. The predicted molar refractivity (Wildman–Crippen MR) is 41.5 cm³/mol. The molecule has 0 bridgehead atoms. The van der Waals surface area contributed by atoms with Crippen LogP contribution in [0.2, 0.25) is 0 Å². The molecule has 1 heterocycles. The Morgan fingerprint density at radius 2 is 1.45 bits per heavy atom. The van der Waals surface area contributed by atoms with Crippen LogP contribution >= 0.6 is 0 Å². The molecule has 0 amide bonds. The molecule has 0 radical (unpaired) electrons. The van der Waals surface area contributed by atoms with E-state index >= 15 is 0 Å². The van der Waals surface area contributed by atoms with Crippen molar-refractivity contribution in [3.8, 4) is 11.5 Å². The molecule has 11 heavy (non-hydrogen) atoms. The van der Waals surface area contributed by atoms with Crippen molar-refractivity contribution in [3.63, 3.8) is 0 Å². The molecule has 0 saturated carbocycles. The van der Waals surface area contributed by atoms with E-state index in [1.807, 2.05) is 12.1 Å². The van der Waals surface area contributed by atoms with Crippen LogP contribution in [0.15, 0.2) is 12.1 Å². The van der Waals surface area contributed by atoms with E-state index in [9.17, 15) is 0 Å². The van der Waals surface area contributed by atoms with E-state index in [2.05, 4.69) is 12.2 Å². The highest BCUT2D eigenvalue weighted by Crippen LogP contribution is 2.38. The van der Waals surface area contributed by atoms with Crippen LogP contribution in [0.25, 0.3) is 12.2 Å². The lowest BCUT2D eigenvalue weighted by atomic mass is 9.97. The Morgan fingerprint density at radius 1 is 0.909 bits per heavy atom. The Morgan fingerprint density at radius 3 is 1.91 bits per heavy atom. The zero-order valence-electron chi connectivity index (χ0n) is 5.83. The molecule has 0 atom stereocenters. The summed E-state index contributed by atoms with van der Waals surface area (Å²) in [6, 6.07) is 4.02. The summed E-state index contributed by atoms with van der Waals surface area (Å²) in [5, 5.41) is 0. The predicted octanol–water partition coefficient (Wildman–Crippen LogP) is 1.90. The number of fused-ring (bicyclic) bond motifs is 2. The molecule has 1 aliphatic heterocycles. The van der Waals surface area contributed by atoms with E-state index in [4.69, 9.17) is 9.47 Å². The summed E-state index contributed by atoms with van der Waals surface area (Å²) in [6.07, 6.45) is 4.13. The van der Waals surface area contributed by atoms with Gasteiger partial charge < -0.3 is 9.47 Å².